The summed E-state index contributed by atoms with van der Waals surface area (Å²) < 4.78 is 59.8. The van der Waals surface area contributed by atoms with E-state index in [1.165, 1.54) is 31.4 Å². The highest BCUT2D eigenvalue weighted by molar-refractivity contribution is 5.84. The SMILES string of the molecule is COc1ccc(-c2ccc(C#Cc3ccc4c(F)c(F)c(F)cc4c3)cc2)c(F)c1. The Morgan fingerprint density at radius 1 is 0.667 bits per heavy atom. The summed E-state index contributed by atoms with van der Waals surface area (Å²) >= 11 is 0. The normalized spacial score (nSPS) is 10.6. The van der Waals surface area contributed by atoms with Crippen LogP contribution in [0.5, 0.6) is 5.75 Å². The third kappa shape index (κ3) is 3.72. The van der Waals surface area contributed by atoms with Gasteiger partial charge in [0.15, 0.2) is 17.5 Å². The maximum atomic E-state index is 14.2. The van der Waals surface area contributed by atoms with E-state index in [0.717, 1.165) is 6.07 Å². The highest BCUT2D eigenvalue weighted by Crippen LogP contribution is 2.27. The summed E-state index contributed by atoms with van der Waals surface area (Å²) in [5.74, 6) is 1.97. The Labute approximate surface area is 170 Å². The molecule has 4 aromatic rings. The standard InChI is InChI=1S/C25H14F4O/c1-30-19-9-11-20(22(26)14-19)17-7-4-15(5-8-17)2-3-16-6-10-21-18(12-16)13-23(27)25(29)24(21)28/h4-14H,1H3. The summed E-state index contributed by atoms with van der Waals surface area (Å²) in [5.41, 5.74) is 2.35. The van der Waals surface area contributed by atoms with Crippen molar-refractivity contribution in [3.63, 3.8) is 0 Å². The van der Waals surface area contributed by atoms with Gasteiger partial charge in [0, 0.05) is 28.1 Å². The van der Waals surface area contributed by atoms with Gasteiger partial charge >= 0.3 is 0 Å². The van der Waals surface area contributed by atoms with Crippen molar-refractivity contribution in [3.8, 4) is 28.7 Å². The molecule has 5 heteroatoms. The van der Waals surface area contributed by atoms with Crippen molar-refractivity contribution in [3.05, 3.63) is 101 Å². The van der Waals surface area contributed by atoms with E-state index < -0.39 is 17.5 Å². The molecule has 0 aliphatic rings. The molecule has 0 amide bonds. The van der Waals surface area contributed by atoms with Gasteiger partial charge in [-0.25, -0.2) is 17.6 Å². The van der Waals surface area contributed by atoms with Gasteiger partial charge in [-0.05, 0) is 53.4 Å². The summed E-state index contributed by atoms with van der Waals surface area (Å²) in [6, 6.07) is 17.0. The predicted octanol–water partition coefficient (Wildman–Crippen LogP) is 6.47. The number of fused-ring (bicyclic) bond motifs is 1. The fraction of sp³-hybridized carbons (Fsp3) is 0.0400. The summed E-state index contributed by atoms with van der Waals surface area (Å²) in [6.45, 7) is 0. The summed E-state index contributed by atoms with van der Waals surface area (Å²) in [7, 11) is 1.47. The molecule has 0 heterocycles. The summed E-state index contributed by atoms with van der Waals surface area (Å²) in [4.78, 5) is 0. The molecule has 30 heavy (non-hydrogen) atoms. The number of methoxy groups -OCH3 is 1. The van der Waals surface area contributed by atoms with Crippen LogP contribution in [0.15, 0.2) is 66.7 Å². The fourth-order valence-electron chi connectivity index (χ4n) is 3.12. The fourth-order valence-corrected chi connectivity index (χ4v) is 3.12. The number of hydrogen-bond donors (Lipinski definition) is 0. The van der Waals surface area contributed by atoms with Gasteiger partial charge in [-0.1, -0.05) is 30.0 Å². The highest BCUT2D eigenvalue weighted by atomic mass is 19.2. The molecule has 0 aromatic heterocycles. The molecule has 0 aliphatic carbocycles. The van der Waals surface area contributed by atoms with Crippen molar-refractivity contribution in [2.75, 3.05) is 7.11 Å². The van der Waals surface area contributed by atoms with E-state index >= 15 is 0 Å². The first-order chi connectivity index (χ1) is 14.5. The molecular weight excluding hydrogens is 392 g/mol. The number of rotatable bonds is 2. The van der Waals surface area contributed by atoms with E-state index in [2.05, 4.69) is 11.8 Å². The Morgan fingerprint density at radius 2 is 1.37 bits per heavy atom. The van der Waals surface area contributed by atoms with E-state index in [-0.39, 0.29) is 16.6 Å². The molecule has 0 bridgehead atoms. The minimum absolute atomic E-state index is 0.00896. The van der Waals surface area contributed by atoms with E-state index in [1.807, 2.05) is 0 Å². The molecule has 0 N–H and O–H groups in total. The van der Waals surface area contributed by atoms with Gasteiger partial charge in [0.25, 0.3) is 0 Å². The van der Waals surface area contributed by atoms with Crippen molar-refractivity contribution < 1.29 is 22.3 Å². The maximum absolute atomic E-state index is 14.2. The molecule has 1 nitrogen and oxygen atoms in total. The Bertz CT molecular complexity index is 1320. The first-order valence-electron chi connectivity index (χ1n) is 8.99. The molecule has 4 rings (SSSR count). The third-order valence-corrected chi connectivity index (χ3v) is 4.70. The lowest BCUT2D eigenvalue weighted by Crippen LogP contribution is -1.92. The molecule has 0 spiro atoms. The van der Waals surface area contributed by atoms with Crippen molar-refractivity contribution in [2.45, 2.75) is 0 Å². The quantitative estimate of drug-likeness (QED) is 0.211. The number of halogens is 4. The van der Waals surface area contributed by atoms with Crippen LogP contribution in [0.2, 0.25) is 0 Å². The lowest BCUT2D eigenvalue weighted by molar-refractivity contribution is 0.411. The predicted molar refractivity (Wildman–Crippen MR) is 108 cm³/mol. The van der Waals surface area contributed by atoms with Crippen LogP contribution in [-0.4, -0.2) is 7.11 Å². The van der Waals surface area contributed by atoms with E-state index in [4.69, 9.17) is 4.74 Å². The third-order valence-electron chi connectivity index (χ3n) is 4.70. The van der Waals surface area contributed by atoms with Gasteiger partial charge in [-0.15, -0.1) is 0 Å². The average Bonchev–Trinajstić information content (AvgIpc) is 2.76. The van der Waals surface area contributed by atoms with E-state index in [0.29, 0.717) is 28.0 Å². The van der Waals surface area contributed by atoms with Crippen LogP contribution < -0.4 is 4.74 Å². The van der Waals surface area contributed by atoms with Gasteiger partial charge in [0.1, 0.15) is 11.6 Å². The van der Waals surface area contributed by atoms with Gasteiger partial charge in [-0.3, -0.25) is 0 Å². The average molecular weight is 406 g/mol. The summed E-state index contributed by atoms with van der Waals surface area (Å²) in [6.07, 6.45) is 0. The van der Waals surface area contributed by atoms with E-state index in [9.17, 15) is 17.6 Å². The Morgan fingerprint density at radius 3 is 2.07 bits per heavy atom. The minimum Gasteiger partial charge on any atom is -0.497 e. The topological polar surface area (TPSA) is 9.23 Å². The van der Waals surface area contributed by atoms with Crippen LogP contribution in [0.1, 0.15) is 11.1 Å². The zero-order chi connectivity index (χ0) is 21.3. The molecule has 0 aliphatic heterocycles. The van der Waals surface area contributed by atoms with Crippen molar-refractivity contribution in [2.24, 2.45) is 0 Å². The molecule has 4 aromatic carbocycles. The van der Waals surface area contributed by atoms with Crippen LogP contribution in [0.25, 0.3) is 21.9 Å². The minimum atomic E-state index is -1.49. The highest BCUT2D eigenvalue weighted by Gasteiger charge is 2.13. The number of hydrogen-bond acceptors (Lipinski definition) is 1. The zero-order valence-corrected chi connectivity index (χ0v) is 15.8. The second-order valence-electron chi connectivity index (χ2n) is 6.60. The van der Waals surface area contributed by atoms with Gasteiger partial charge in [-0.2, -0.15) is 0 Å². The number of ether oxygens (including phenoxy) is 1. The molecule has 0 atom stereocenters. The maximum Gasteiger partial charge on any atom is 0.195 e. The zero-order valence-electron chi connectivity index (χ0n) is 15.8. The lowest BCUT2D eigenvalue weighted by atomic mass is 10.0. The largest absolute Gasteiger partial charge is 0.497 e. The Kier molecular flexibility index (Phi) is 5.16. The Balaban J connectivity index is 1.61. The first-order valence-corrected chi connectivity index (χ1v) is 8.99. The van der Waals surface area contributed by atoms with Crippen LogP contribution >= 0.6 is 0 Å². The summed E-state index contributed by atoms with van der Waals surface area (Å²) in [5, 5.41) is 0.217. The lowest BCUT2D eigenvalue weighted by Gasteiger charge is -2.06. The van der Waals surface area contributed by atoms with Crippen molar-refractivity contribution in [1.82, 2.24) is 0 Å². The van der Waals surface area contributed by atoms with Gasteiger partial charge in [0.05, 0.1) is 7.11 Å². The first kappa shape index (κ1) is 19.5. The monoisotopic (exact) mass is 406 g/mol. The van der Waals surface area contributed by atoms with Crippen molar-refractivity contribution in [1.29, 1.82) is 0 Å². The smallest absolute Gasteiger partial charge is 0.195 e. The van der Waals surface area contributed by atoms with Crippen LogP contribution in [0, 0.1) is 35.1 Å². The van der Waals surface area contributed by atoms with Crippen LogP contribution in [0.3, 0.4) is 0 Å². The van der Waals surface area contributed by atoms with Gasteiger partial charge < -0.3 is 4.74 Å². The second-order valence-corrected chi connectivity index (χ2v) is 6.60. The number of benzene rings is 4. The van der Waals surface area contributed by atoms with Crippen molar-refractivity contribution >= 4 is 10.8 Å². The van der Waals surface area contributed by atoms with Gasteiger partial charge in [0.2, 0.25) is 0 Å². The van der Waals surface area contributed by atoms with Crippen LogP contribution in [-0.2, 0) is 0 Å². The molecule has 0 unspecified atom stereocenters. The Hall–Kier alpha value is -3.78. The second kappa shape index (κ2) is 7.92. The molecule has 0 fully saturated rings. The molecular formula is C25H14F4O. The molecule has 0 saturated carbocycles. The van der Waals surface area contributed by atoms with Crippen LogP contribution in [0.4, 0.5) is 17.6 Å². The molecule has 0 radical (unpaired) electrons. The van der Waals surface area contributed by atoms with E-state index in [1.54, 1.807) is 36.4 Å². The molecule has 148 valence electrons. The molecule has 0 saturated heterocycles.